The van der Waals surface area contributed by atoms with E-state index < -0.39 is 26.3 Å². The van der Waals surface area contributed by atoms with Gasteiger partial charge in [0, 0.05) is 20.1 Å². The summed E-state index contributed by atoms with van der Waals surface area (Å²) >= 11 is 5.79. The molecule has 1 aliphatic rings. The van der Waals surface area contributed by atoms with Crippen molar-refractivity contribution in [3.05, 3.63) is 29.0 Å². The highest BCUT2D eigenvalue weighted by atomic mass is 35.5. The van der Waals surface area contributed by atoms with Crippen molar-refractivity contribution in [2.24, 2.45) is 0 Å². The van der Waals surface area contributed by atoms with Crippen molar-refractivity contribution in [1.29, 1.82) is 5.26 Å². The third-order valence-electron chi connectivity index (χ3n) is 3.35. The van der Waals surface area contributed by atoms with Gasteiger partial charge in [0.2, 0.25) is 10.0 Å². The molecular weight excluding hydrogens is 307 g/mol. The molecule has 0 aliphatic carbocycles. The number of nitriles is 1. The summed E-state index contributed by atoms with van der Waals surface area (Å²) in [6.45, 7) is 0.226. The molecule has 1 aromatic rings. The fourth-order valence-corrected chi connectivity index (χ4v) is 4.06. The maximum Gasteiger partial charge on any atom is 0.248 e. The first-order valence-corrected chi connectivity index (χ1v) is 7.59. The van der Waals surface area contributed by atoms with Gasteiger partial charge in [-0.3, -0.25) is 0 Å². The van der Waals surface area contributed by atoms with Crippen LogP contribution in [0, 0.1) is 17.1 Å². The topological polar surface area (TPSA) is 70.4 Å². The molecule has 1 atom stereocenters. The number of hydrogen-bond acceptors (Lipinski definition) is 4. The number of sulfonamides is 1. The summed E-state index contributed by atoms with van der Waals surface area (Å²) in [6, 6.07) is 5.56. The Morgan fingerprint density at radius 2 is 2.25 bits per heavy atom. The van der Waals surface area contributed by atoms with E-state index in [2.05, 4.69) is 0 Å². The SMILES string of the molecule is CN([C@@]1(C#N)CCOC1)S(=O)(=O)c1c(F)cccc1Cl. The van der Waals surface area contributed by atoms with Crippen LogP contribution in [0.1, 0.15) is 6.42 Å². The molecule has 0 spiro atoms. The lowest BCUT2D eigenvalue weighted by Crippen LogP contribution is -2.49. The van der Waals surface area contributed by atoms with E-state index in [0.717, 1.165) is 10.4 Å². The van der Waals surface area contributed by atoms with Gasteiger partial charge in [0.25, 0.3) is 0 Å². The highest BCUT2D eigenvalue weighted by Gasteiger charge is 2.46. The lowest BCUT2D eigenvalue weighted by atomic mass is 10.0. The molecule has 0 aromatic heterocycles. The number of hydrogen-bond donors (Lipinski definition) is 0. The Morgan fingerprint density at radius 3 is 2.75 bits per heavy atom. The van der Waals surface area contributed by atoms with Crippen molar-refractivity contribution in [3.63, 3.8) is 0 Å². The second-order valence-corrected chi connectivity index (χ2v) is 6.78. The van der Waals surface area contributed by atoms with Crippen molar-refractivity contribution >= 4 is 21.6 Å². The first-order valence-electron chi connectivity index (χ1n) is 5.77. The average Bonchev–Trinajstić information content (AvgIpc) is 2.87. The lowest BCUT2D eigenvalue weighted by molar-refractivity contribution is 0.162. The van der Waals surface area contributed by atoms with E-state index in [0.29, 0.717) is 0 Å². The second kappa shape index (κ2) is 5.30. The van der Waals surface area contributed by atoms with Gasteiger partial charge in [0.1, 0.15) is 16.3 Å². The van der Waals surface area contributed by atoms with Crippen molar-refractivity contribution in [2.75, 3.05) is 20.3 Å². The number of ether oxygens (including phenoxy) is 1. The summed E-state index contributed by atoms with van der Waals surface area (Å²) in [5.74, 6) is -0.948. The molecule has 108 valence electrons. The zero-order valence-corrected chi connectivity index (χ0v) is 12.2. The molecule has 0 radical (unpaired) electrons. The molecule has 2 rings (SSSR count). The number of benzene rings is 1. The summed E-state index contributed by atoms with van der Waals surface area (Å²) in [6.07, 6.45) is 0.227. The van der Waals surface area contributed by atoms with Gasteiger partial charge in [-0.15, -0.1) is 0 Å². The normalized spacial score (nSPS) is 22.9. The number of likely N-dealkylation sites (N-methyl/N-ethyl adjacent to an activating group) is 1. The monoisotopic (exact) mass is 318 g/mol. The molecular formula is C12H12ClFN2O3S. The Balaban J connectivity index is 2.53. The Kier molecular flexibility index (Phi) is 4.02. The van der Waals surface area contributed by atoms with Crippen molar-refractivity contribution in [1.82, 2.24) is 4.31 Å². The zero-order valence-electron chi connectivity index (χ0n) is 10.6. The van der Waals surface area contributed by atoms with E-state index in [4.69, 9.17) is 16.3 Å². The third kappa shape index (κ3) is 2.29. The predicted molar refractivity (Wildman–Crippen MR) is 70.1 cm³/mol. The smallest absolute Gasteiger partial charge is 0.248 e. The van der Waals surface area contributed by atoms with E-state index in [9.17, 15) is 18.1 Å². The largest absolute Gasteiger partial charge is 0.378 e. The highest BCUT2D eigenvalue weighted by Crippen LogP contribution is 2.33. The molecule has 1 aromatic carbocycles. The summed E-state index contributed by atoms with van der Waals surface area (Å²) in [5.41, 5.74) is -1.33. The first kappa shape index (κ1) is 15.2. The van der Waals surface area contributed by atoms with Crippen LogP contribution in [0.15, 0.2) is 23.1 Å². The molecule has 1 saturated heterocycles. The minimum Gasteiger partial charge on any atom is -0.378 e. The van der Waals surface area contributed by atoms with Gasteiger partial charge in [0.05, 0.1) is 17.7 Å². The molecule has 1 aliphatic heterocycles. The summed E-state index contributed by atoms with van der Waals surface area (Å²) in [5, 5.41) is 9.05. The van der Waals surface area contributed by atoms with Gasteiger partial charge < -0.3 is 4.74 Å². The van der Waals surface area contributed by atoms with E-state index in [-0.39, 0.29) is 24.7 Å². The van der Waals surface area contributed by atoms with E-state index >= 15 is 0 Å². The number of rotatable bonds is 3. The Bertz CT molecular complexity index is 646. The molecule has 8 heteroatoms. The third-order valence-corrected chi connectivity index (χ3v) is 5.78. The van der Waals surface area contributed by atoms with E-state index in [1.54, 1.807) is 0 Å². The van der Waals surface area contributed by atoms with Gasteiger partial charge in [-0.05, 0) is 12.1 Å². The van der Waals surface area contributed by atoms with Gasteiger partial charge in [-0.25, -0.2) is 12.8 Å². The molecule has 5 nitrogen and oxygen atoms in total. The van der Waals surface area contributed by atoms with Gasteiger partial charge >= 0.3 is 0 Å². The molecule has 20 heavy (non-hydrogen) atoms. The number of nitrogens with zero attached hydrogens (tertiary/aromatic N) is 2. The van der Waals surface area contributed by atoms with Crippen LogP contribution in [0.4, 0.5) is 4.39 Å². The van der Waals surface area contributed by atoms with Gasteiger partial charge in [-0.1, -0.05) is 17.7 Å². The van der Waals surface area contributed by atoms with Crippen molar-refractivity contribution in [3.8, 4) is 6.07 Å². The summed E-state index contributed by atoms with van der Waals surface area (Å²) in [7, 11) is -3.00. The van der Waals surface area contributed by atoms with Crippen LogP contribution in [-0.4, -0.2) is 38.5 Å². The Labute approximate surface area is 121 Å². The molecule has 0 unspecified atom stereocenters. The van der Waals surface area contributed by atoms with Crippen LogP contribution in [0.2, 0.25) is 5.02 Å². The first-order chi connectivity index (χ1) is 9.35. The molecule has 0 saturated carbocycles. The quantitative estimate of drug-likeness (QED) is 0.852. The minimum absolute atomic E-state index is 0.0503. The Hall–Kier alpha value is -1.20. The standard InChI is InChI=1S/C12H12ClFN2O3S/c1-16(12(7-15)5-6-19-8-12)20(17,18)11-9(13)3-2-4-10(11)14/h2-4H,5-6,8H2,1H3/t12-/m1/s1. The average molecular weight is 319 g/mol. The maximum absolute atomic E-state index is 13.8. The fraction of sp³-hybridized carbons (Fsp3) is 0.417. The molecule has 1 heterocycles. The van der Waals surface area contributed by atoms with Crippen molar-refractivity contribution < 1.29 is 17.5 Å². The van der Waals surface area contributed by atoms with Crippen LogP contribution in [0.5, 0.6) is 0 Å². The van der Waals surface area contributed by atoms with Crippen LogP contribution in [0.25, 0.3) is 0 Å². The predicted octanol–water partition coefficient (Wildman–Crippen LogP) is 1.78. The lowest BCUT2D eigenvalue weighted by Gasteiger charge is -2.30. The molecule has 0 N–H and O–H groups in total. The molecule has 0 bridgehead atoms. The van der Waals surface area contributed by atoms with Gasteiger partial charge in [-0.2, -0.15) is 9.57 Å². The van der Waals surface area contributed by atoms with E-state index in [1.165, 1.54) is 19.2 Å². The van der Waals surface area contributed by atoms with E-state index in [1.807, 2.05) is 6.07 Å². The van der Waals surface area contributed by atoms with Crippen LogP contribution >= 0.6 is 11.6 Å². The molecule has 1 fully saturated rings. The number of halogens is 2. The highest BCUT2D eigenvalue weighted by molar-refractivity contribution is 7.89. The van der Waals surface area contributed by atoms with Crippen LogP contribution < -0.4 is 0 Å². The molecule has 0 amide bonds. The second-order valence-electron chi connectivity index (χ2n) is 4.47. The van der Waals surface area contributed by atoms with Crippen LogP contribution in [0.3, 0.4) is 0 Å². The summed E-state index contributed by atoms with van der Waals surface area (Å²) < 4.78 is 44.8. The summed E-state index contributed by atoms with van der Waals surface area (Å²) in [4.78, 5) is -0.620. The van der Waals surface area contributed by atoms with Crippen LogP contribution in [-0.2, 0) is 14.8 Å². The zero-order chi connectivity index (χ0) is 15.0. The minimum atomic E-state index is -4.23. The van der Waals surface area contributed by atoms with Gasteiger partial charge in [0.15, 0.2) is 0 Å². The maximum atomic E-state index is 13.8. The fourth-order valence-electron chi connectivity index (χ4n) is 2.06. The Morgan fingerprint density at radius 1 is 1.55 bits per heavy atom. The van der Waals surface area contributed by atoms with Crippen molar-refractivity contribution in [2.45, 2.75) is 16.9 Å².